The summed E-state index contributed by atoms with van der Waals surface area (Å²) in [5.41, 5.74) is 5.61. The molecule has 2 atom stereocenters. The molecule has 2 unspecified atom stereocenters. The van der Waals surface area contributed by atoms with Gasteiger partial charge >= 0.3 is 0 Å². The number of carbonyl (C=O) groups is 1. The van der Waals surface area contributed by atoms with Crippen LogP contribution in [0.3, 0.4) is 0 Å². The molecule has 0 bridgehead atoms. The van der Waals surface area contributed by atoms with E-state index in [-0.39, 0.29) is 17.8 Å². The average molecular weight is 286 g/mol. The molecule has 0 aliphatic rings. The van der Waals surface area contributed by atoms with Gasteiger partial charge in [-0.05, 0) is 32.9 Å². The number of amides is 1. The fourth-order valence-electron chi connectivity index (χ4n) is 2.26. The Bertz CT molecular complexity index is 306. The van der Waals surface area contributed by atoms with Crippen LogP contribution in [-0.4, -0.2) is 48.5 Å². The molecule has 0 aliphatic carbocycles. The SMILES string of the molecule is CCCC(C(=O)NC(CC(C)C)CN(C)C)C(N)=NO. The lowest BCUT2D eigenvalue weighted by Gasteiger charge is -2.26. The first kappa shape index (κ1) is 18.7. The standard InChI is InChI=1S/C14H30N4O2/c1-6-7-12(13(15)17-20)14(19)16-11(8-10(2)3)9-18(4)5/h10-12,20H,6-9H2,1-5H3,(H2,15,17)(H,16,19). The summed E-state index contributed by atoms with van der Waals surface area (Å²) in [7, 11) is 3.96. The third-order valence-corrected chi connectivity index (χ3v) is 3.05. The summed E-state index contributed by atoms with van der Waals surface area (Å²) in [5.74, 6) is -0.234. The van der Waals surface area contributed by atoms with Crippen molar-refractivity contribution in [2.45, 2.75) is 46.1 Å². The van der Waals surface area contributed by atoms with Crippen molar-refractivity contribution >= 4 is 11.7 Å². The fraction of sp³-hybridized carbons (Fsp3) is 0.857. The molecule has 1 amide bonds. The molecule has 0 rings (SSSR count). The van der Waals surface area contributed by atoms with Gasteiger partial charge in [-0.2, -0.15) is 0 Å². The van der Waals surface area contributed by atoms with Crippen molar-refractivity contribution < 1.29 is 10.0 Å². The van der Waals surface area contributed by atoms with E-state index in [0.717, 1.165) is 19.4 Å². The van der Waals surface area contributed by atoms with Crippen LogP contribution in [0.5, 0.6) is 0 Å². The largest absolute Gasteiger partial charge is 0.409 e. The lowest BCUT2D eigenvalue weighted by molar-refractivity contribution is -0.124. The van der Waals surface area contributed by atoms with Crippen LogP contribution in [0.15, 0.2) is 5.16 Å². The van der Waals surface area contributed by atoms with E-state index in [1.807, 2.05) is 25.9 Å². The van der Waals surface area contributed by atoms with Gasteiger partial charge < -0.3 is 21.2 Å². The minimum absolute atomic E-state index is 0.0162. The third-order valence-electron chi connectivity index (χ3n) is 3.05. The van der Waals surface area contributed by atoms with E-state index < -0.39 is 5.92 Å². The minimum atomic E-state index is -0.554. The maximum Gasteiger partial charge on any atom is 0.231 e. The van der Waals surface area contributed by atoms with Crippen LogP contribution in [0, 0.1) is 11.8 Å². The van der Waals surface area contributed by atoms with Crippen molar-refractivity contribution in [2.24, 2.45) is 22.7 Å². The highest BCUT2D eigenvalue weighted by molar-refractivity contribution is 6.02. The topological polar surface area (TPSA) is 91.0 Å². The molecule has 0 saturated heterocycles. The Kier molecular flexibility index (Phi) is 8.96. The van der Waals surface area contributed by atoms with Gasteiger partial charge in [-0.25, -0.2) is 0 Å². The molecule has 0 heterocycles. The Labute approximate surface area is 122 Å². The van der Waals surface area contributed by atoms with Gasteiger partial charge in [0.25, 0.3) is 0 Å². The molecule has 4 N–H and O–H groups in total. The summed E-state index contributed by atoms with van der Waals surface area (Å²) in [6.45, 7) is 7.00. The average Bonchev–Trinajstić information content (AvgIpc) is 2.33. The van der Waals surface area contributed by atoms with E-state index in [0.29, 0.717) is 12.3 Å². The number of nitrogens with one attached hydrogen (secondary N) is 1. The van der Waals surface area contributed by atoms with E-state index in [1.165, 1.54) is 0 Å². The first-order chi connectivity index (χ1) is 9.31. The van der Waals surface area contributed by atoms with E-state index in [2.05, 4.69) is 24.3 Å². The number of rotatable bonds is 9. The molecule has 20 heavy (non-hydrogen) atoms. The molecule has 0 aromatic rings. The van der Waals surface area contributed by atoms with Gasteiger partial charge in [0.05, 0.1) is 5.92 Å². The molecule has 0 fully saturated rings. The Morgan fingerprint density at radius 1 is 1.40 bits per heavy atom. The van der Waals surface area contributed by atoms with Crippen molar-refractivity contribution in [2.75, 3.05) is 20.6 Å². The second-order valence-corrected chi connectivity index (χ2v) is 5.96. The second kappa shape index (κ2) is 9.58. The van der Waals surface area contributed by atoms with Gasteiger partial charge in [0, 0.05) is 12.6 Å². The smallest absolute Gasteiger partial charge is 0.231 e. The Morgan fingerprint density at radius 2 is 2.00 bits per heavy atom. The number of hydrogen-bond donors (Lipinski definition) is 3. The molecule has 0 saturated carbocycles. The zero-order chi connectivity index (χ0) is 15.7. The predicted molar refractivity (Wildman–Crippen MR) is 81.7 cm³/mol. The van der Waals surface area contributed by atoms with Crippen LogP contribution in [0.25, 0.3) is 0 Å². The summed E-state index contributed by atoms with van der Waals surface area (Å²) >= 11 is 0. The predicted octanol–water partition coefficient (Wildman–Crippen LogP) is 1.24. The lowest BCUT2D eigenvalue weighted by Crippen LogP contribution is -2.47. The molecule has 6 nitrogen and oxygen atoms in total. The summed E-state index contributed by atoms with van der Waals surface area (Å²) in [4.78, 5) is 14.4. The van der Waals surface area contributed by atoms with E-state index in [1.54, 1.807) is 0 Å². The minimum Gasteiger partial charge on any atom is -0.409 e. The van der Waals surface area contributed by atoms with Crippen LogP contribution < -0.4 is 11.1 Å². The Balaban J connectivity index is 4.76. The highest BCUT2D eigenvalue weighted by atomic mass is 16.4. The van der Waals surface area contributed by atoms with Gasteiger partial charge in [0.2, 0.25) is 5.91 Å². The van der Waals surface area contributed by atoms with Crippen LogP contribution in [0.1, 0.15) is 40.0 Å². The molecule has 0 radical (unpaired) electrons. The van der Waals surface area contributed by atoms with Gasteiger partial charge in [-0.1, -0.05) is 32.3 Å². The van der Waals surface area contributed by atoms with Crippen molar-refractivity contribution in [3.8, 4) is 0 Å². The second-order valence-electron chi connectivity index (χ2n) is 5.96. The number of hydrogen-bond acceptors (Lipinski definition) is 4. The van der Waals surface area contributed by atoms with E-state index >= 15 is 0 Å². The number of nitrogens with two attached hydrogens (primary N) is 1. The van der Waals surface area contributed by atoms with Crippen LogP contribution in [0.4, 0.5) is 0 Å². The van der Waals surface area contributed by atoms with Gasteiger partial charge in [0.1, 0.15) is 0 Å². The molecular weight excluding hydrogens is 256 g/mol. The quantitative estimate of drug-likeness (QED) is 0.257. The number of carbonyl (C=O) groups excluding carboxylic acids is 1. The van der Waals surface area contributed by atoms with Crippen LogP contribution >= 0.6 is 0 Å². The van der Waals surface area contributed by atoms with Crippen molar-refractivity contribution in [3.05, 3.63) is 0 Å². The monoisotopic (exact) mass is 286 g/mol. The molecule has 0 aromatic carbocycles. The third kappa shape index (κ3) is 7.33. The zero-order valence-corrected chi connectivity index (χ0v) is 13.4. The lowest BCUT2D eigenvalue weighted by atomic mass is 9.99. The Morgan fingerprint density at radius 3 is 2.40 bits per heavy atom. The highest BCUT2D eigenvalue weighted by Crippen LogP contribution is 2.10. The van der Waals surface area contributed by atoms with Crippen molar-refractivity contribution in [3.63, 3.8) is 0 Å². The van der Waals surface area contributed by atoms with Gasteiger partial charge in [-0.15, -0.1) is 0 Å². The first-order valence-corrected chi connectivity index (χ1v) is 7.24. The molecule has 118 valence electrons. The normalized spacial score (nSPS) is 15.4. The summed E-state index contributed by atoms with van der Waals surface area (Å²) < 4.78 is 0. The molecule has 0 aromatic heterocycles. The number of oxime groups is 1. The highest BCUT2D eigenvalue weighted by Gasteiger charge is 2.25. The molecule has 6 heteroatoms. The molecule has 0 aliphatic heterocycles. The van der Waals surface area contributed by atoms with Crippen molar-refractivity contribution in [1.82, 2.24) is 10.2 Å². The Hall–Kier alpha value is -1.30. The summed E-state index contributed by atoms with van der Waals surface area (Å²) in [5, 5.41) is 14.8. The van der Waals surface area contributed by atoms with Gasteiger partial charge in [0.15, 0.2) is 5.84 Å². The van der Waals surface area contributed by atoms with Gasteiger partial charge in [-0.3, -0.25) is 4.79 Å². The molecule has 0 spiro atoms. The molecular formula is C14H30N4O2. The fourth-order valence-corrected chi connectivity index (χ4v) is 2.26. The van der Waals surface area contributed by atoms with Crippen LogP contribution in [-0.2, 0) is 4.79 Å². The van der Waals surface area contributed by atoms with Crippen LogP contribution in [0.2, 0.25) is 0 Å². The summed E-state index contributed by atoms with van der Waals surface area (Å²) in [6.07, 6.45) is 2.29. The number of amidine groups is 1. The first-order valence-electron chi connectivity index (χ1n) is 7.24. The number of likely N-dealkylation sites (N-methyl/N-ethyl adjacent to an activating group) is 1. The van der Waals surface area contributed by atoms with E-state index in [4.69, 9.17) is 10.9 Å². The number of nitrogens with zero attached hydrogens (tertiary/aromatic N) is 2. The maximum atomic E-state index is 12.3. The van der Waals surface area contributed by atoms with Crippen molar-refractivity contribution in [1.29, 1.82) is 0 Å². The summed E-state index contributed by atoms with van der Waals surface area (Å²) in [6, 6.07) is 0.0725. The van der Waals surface area contributed by atoms with E-state index in [9.17, 15) is 4.79 Å². The maximum absolute atomic E-state index is 12.3. The zero-order valence-electron chi connectivity index (χ0n) is 13.4.